The zero-order valence-electron chi connectivity index (χ0n) is 6.84. The third-order valence-electron chi connectivity index (χ3n) is 1.02. The van der Waals surface area contributed by atoms with Crippen LogP contribution < -0.4 is 0 Å². The fourth-order valence-corrected chi connectivity index (χ4v) is 0.736. The van der Waals surface area contributed by atoms with Crippen LogP contribution in [0.2, 0.25) is 0 Å². The Morgan fingerprint density at radius 2 is 1.92 bits per heavy atom. The number of allylic oxidation sites excluding steroid dienone is 1. The molecular formula is C6H9F3O3S. The summed E-state index contributed by atoms with van der Waals surface area (Å²) in [6.45, 7) is 1.79. The maximum atomic E-state index is 11.6. The molecule has 0 radical (unpaired) electrons. The van der Waals surface area contributed by atoms with Gasteiger partial charge in [-0.25, -0.2) is 0 Å². The molecule has 0 aliphatic heterocycles. The fraction of sp³-hybridized carbons (Fsp3) is 0.667. The van der Waals surface area contributed by atoms with Gasteiger partial charge >= 0.3 is 15.6 Å². The van der Waals surface area contributed by atoms with Gasteiger partial charge in [0, 0.05) is 0 Å². The summed E-state index contributed by atoms with van der Waals surface area (Å²) in [6, 6.07) is 0. The van der Waals surface area contributed by atoms with Crippen molar-refractivity contribution in [3.63, 3.8) is 0 Å². The first-order valence-electron chi connectivity index (χ1n) is 3.46. The lowest BCUT2D eigenvalue weighted by Crippen LogP contribution is -2.23. The van der Waals surface area contributed by atoms with Crippen LogP contribution in [0.1, 0.15) is 19.8 Å². The highest BCUT2D eigenvalue weighted by Crippen LogP contribution is 2.24. The predicted octanol–water partition coefficient (Wildman–Crippen LogP) is 2.17. The van der Waals surface area contributed by atoms with Crippen LogP contribution >= 0.6 is 0 Å². The molecule has 0 amide bonds. The Kier molecular flexibility index (Phi) is 4.25. The molecule has 0 rings (SSSR count). The van der Waals surface area contributed by atoms with Crippen LogP contribution in [0, 0.1) is 0 Å². The largest absolute Gasteiger partial charge is 0.534 e. The van der Waals surface area contributed by atoms with Gasteiger partial charge in [-0.3, -0.25) is 0 Å². The molecule has 0 heterocycles. The van der Waals surface area contributed by atoms with Crippen molar-refractivity contribution in [3.05, 3.63) is 12.3 Å². The molecule has 0 aromatic heterocycles. The Balaban J connectivity index is 4.22. The Morgan fingerprint density at radius 1 is 1.38 bits per heavy atom. The van der Waals surface area contributed by atoms with Gasteiger partial charge < -0.3 is 4.18 Å². The Labute approximate surface area is 74.3 Å². The van der Waals surface area contributed by atoms with Gasteiger partial charge in [0.25, 0.3) is 0 Å². The topological polar surface area (TPSA) is 43.4 Å². The van der Waals surface area contributed by atoms with Gasteiger partial charge in [0.1, 0.15) is 6.26 Å². The molecule has 0 N–H and O–H groups in total. The van der Waals surface area contributed by atoms with Gasteiger partial charge in [-0.2, -0.15) is 21.6 Å². The molecule has 0 saturated carbocycles. The van der Waals surface area contributed by atoms with E-state index in [0.717, 1.165) is 0 Å². The molecule has 0 aromatic rings. The normalized spacial score (nSPS) is 13.5. The first-order valence-corrected chi connectivity index (χ1v) is 4.86. The quantitative estimate of drug-likeness (QED) is 0.412. The lowest BCUT2D eigenvalue weighted by molar-refractivity contribution is -0.0515. The first kappa shape index (κ1) is 12.3. The second-order valence-corrected chi connectivity index (χ2v) is 3.72. The molecule has 0 fully saturated rings. The van der Waals surface area contributed by atoms with E-state index in [2.05, 4.69) is 4.18 Å². The van der Waals surface area contributed by atoms with Crippen LogP contribution in [0.15, 0.2) is 12.3 Å². The SMILES string of the molecule is CCC/C=C\OS(=O)(=O)C(F)(F)F. The second-order valence-electron chi connectivity index (χ2n) is 2.16. The Morgan fingerprint density at radius 3 is 2.31 bits per heavy atom. The van der Waals surface area contributed by atoms with Crippen LogP contribution in [0.4, 0.5) is 13.2 Å². The molecule has 0 atom stereocenters. The summed E-state index contributed by atoms with van der Waals surface area (Å²) < 4.78 is 58.8. The Bertz CT molecular complexity index is 265. The second kappa shape index (κ2) is 4.50. The molecule has 0 aliphatic rings. The lowest BCUT2D eigenvalue weighted by atomic mass is 10.3. The minimum absolute atomic E-state index is 0.466. The molecule has 0 spiro atoms. The van der Waals surface area contributed by atoms with E-state index in [9.17, 15) is 21.6 Å². The zero-order valence-corrected chi connectivity index (χ0v) is 7.65. The van der Waals surface area contributed by atoms with Gasteiger partial charge in [0.15, 0.2) is 0 Å². The number of rotatable bonds is 4. The van der Waals surface area contributed by atoms with Crippen molar-refractivity contribution in [1.29, 1.82) is 0 Å². The minimum atomic E-state index is -5.47. The summed E-state index contributed by atoms with van der Waals surface area (Å²) in [7, 11) is -5.47. The third-order valence-corrected chi connectivity index (χ3v) is 1.95. The van der Waals surface area contributed by atoms with Gasteiger partial charge in [-0.05, 0) is 12.5 Å². The standard InChI is InChI=1S/C6H9F3O3S/c1-2-3-4-5-12-13(10,11)6(7,8)9/h4-5H,2-3H2,1H3/b5-4-. The van der Waals surface area contributed by atoms with Crippen LogP contribution in [-0.2, 0) is 14.3 Å². The molecule has 0 saturated heterocycles. The molecule has 0 bridgehead atoms. The highest BCUT2D eigenvalue weighted by molar-refractivity contribution is 7.87. The molecule has 0 aliphatic carbocycles. The van der Waals surface area contributed by atoms with Crippen molar-refractivity contribution < 1.29 is 25.8 Å². The van der Waals surface area contributed by atoms with Crippen LogP contribution in [0.25, 0.3) is 0 Å². The summed E-state index contributed by atoms with van der Waals surface area (Å²) in [5.41, 5.74) is -5.36. The lowest BCUT2D eigenvalue weighted by Gasteiger charge is -2.05. The van der Waals surface area contributed by atoms with E-state index in [1.54, 1.807) is 6.92 Å². The van der Waals surface area contributed by atoms with E-state index < -0.39 is 15.6 Å². The fourth-order valence-electron chi connectivity index (χ4n) is 0.402. The summed E-state index contributed by atoms with van der Waals surface area (Å²) in [5.74, 6) is 0. The molecular weight excluding hydrogens is 209 g/mol. The molecule has 7 heteroatoms. The minimum Gasteiger partial charge on any atom is -0.384 e. The van der Waals surface area contributed by atoms with E-state index in [-0.39, 0.29) is 0 Å². The maximum Gasteiger partial charge on any atom is 0.534 e. The molecule has 3 nitrogen and oxygen atoms in total. The van der Waals surface area contributed by atoms with Crippen LogP contribution in [-0.4, -0.2) is 13.9 Å². The third kappa shape index (κ3) is 4.16. The van der Waals surface area contributed by atoms with E-state index in [1.165, 1.54) is 6.08 Å². The number of halogens is 3. The van der Waals surface area contributed by atoms with Gasteiger partial charge in [-0.15, -0.1) is 0 Å². The summed E-state index contributed by atoms with van der Waals surface area (Å²) in [5, 5.41) is 0. The predicted molar refractivity (Wildman–Crippen MR) is 40.1 cm³/mol. The first-order chi connectivity index (χ1) is 5.81. The van der Waals surface area contributed by atoms with Crippen molar-refractivity contribution in [3.8, 4) is 0 Å². The molecule has 78 valence electrons. The van der Waals surface area contributed by atoms with Crippen molar-refractivity contribution >= 4 is 10.1 Å². The van der Waals surface area contributed by atoms with E-state index in [0.29, 0.717) is 19.1 Å². The summed E-state index contributed by atoms with van der Waals surface area (Å²) >= 11 is 0. The van der Waals surface area contributed by atoms with E-state index >= 15 is 0 Å². The summed E-state index contributed by atoms with van der Waals surface area (Å²) in [4.78, 5) is 0. The highest BCUT2D eigenvalue weighted by atomic mass is 32.2. The molecule has 0 unspecified atom stereocenters. The van der Waals surface area contributed by atoms with Crippen LogP contribution in [0.3, 0.4) is 0 Å². The Hall–Kier alpha value is -0.720. The average molecular weight is 218 g/mol. The van der Waals surface area contributed by atoms with E-state index in [1.807, 2.05) is 0 Å². The van der Waals surface area contributed by atoms with E-state index in [4.69, 9.17) is 0 Å². The number of unbranched alkanes of at least 4 members (excludes halogenated alkanes) is 1. The zero-order chi connectivity index (χ0) is 10.5. The summed E-state index contributed by atoms with van der Waals surface area (Å²) in [6.07, 6.45) is 2.91. The van der Waals surface area contributed by atoms with Crippen LogP contribution in [0.5, 0.6) is 0 Å². The molecule has 13 heavy (non-hydrogen) atoms. The van der Waals surface area contributed by atoms with Crippen molar-refractivity contribution in [2.24, 2.45) is 0 Å². The van der Waals surface area contributed by atoms with Gasteiger partial charge in [0.05, 0.1) is 0 Å². The van der Waals surface area contributed by atoms with Gasteiger partial charge in [-0.1, -0.05) is 13.3 Å². The monoisotopic (exact) mass is 218 g/mol. The van der Waals surface area contributed by atoms with Crippen molar-refractivity contribution in [2.75, 3.05) is 0 Å². The smallest absolute Gasteiger partial charge is 0.384 e. The highest BCUT2D eigenvalue weighted by Gasteiger charge is 2.47. The maximum absolute atomic E-state index is 11.6. The molecule has 0 aromatic carbocycles. The number of hydrogen-bond acceptors (Lipinski definition) is 3. The average Bonchev–Trinajstić information content (AvgIpc) is 1.96. The number of alkyl halides is 3. The van der Waals surface area contributed by atoms with Crippen molar-refractivity contribution in [2.45, 2.75) is 25.3 Å². The van der Waals surface area contributed by atoms with Gasteiger partial charge in [0.2, 0.25) is 0 Å². The van der Waals surface area contributed by atoms with Crippen molar-refractivity contribution in [1.82, 2.24) is 0 Å². The number of hydrogen-bond donors (Lipinski definition) is 0.